The van der Waals surface area contributed by atoms with Crippen molar-refractivity contribution < 1.29 is 9.47 Å². The third-order valence-electron chi connectivity index (χ3n) is 16.5. The molecule has 12 aromatic carbocycles. The van der Waals surface area contributed by atoms with E-state index in [-0.39, 0.29) is 0 Å². The Bertz CT molecular complexity index is 4450. The summed E-state index contributed by atoms with van der Waals surface area (Å²) in [4.78, 5) is 4.87. The third kappa shape index (κ3) is 6.86. The molecule has 4 aliphatic rings. The van der Waals surface area contributed by atoms with E-state index in [9.17, 15) is 0 Å². The van der Waals surface area contributed by atoms with E-state index in [0.29, 0.717) is 0 Å². The van der Waals surface area contributed by atoms with Crippen LogP contribution < -0.4 is 19.3 Å². The van der Waals surface area contributed by atoms with Gasteiger partial charge in [0.1, 0.15) is 23.0 Å². The summed E-state index contributed by atoms with van der Waals surface area (Å²) in [7, 11) is 0. The Morgan fingerprint density at radius 1 is 0.359 bits per heavy atom. The van der Waals surface area contributed by atoms with Gasteiger partial charge in [-0.1, -0.05) is 182 Å². The van der Waals surface area contributed by atoms with Crippen LogP contribution in [0, 0.1) is 0 Å². The molecule has 0 radical (unpaired) electrons. The number of allylic oxidation sites excluding steroid dienone is 6. The van der Waals surface area contributed by atoms with Crippen LogP contribution in [-0.2, 0) is 0 Å². The van der Waals surface area contributed by atoms with Gasteiger partial charge in [-0.3, -0.25) is 0 Å². The monoisotopic (exact) mass is 998 g/mol. The zero-order valence-electron chi connectivity index (χ0n) is 42.8. The number of ether oxygens (including phenoxy) is 2. The Morgan fingerprint density at radius 3 is 1.40 bits per heavy atom. The summed E-state index contributed by atoms with van der Waals surface area (Å²) in [5.74, 6) is 3.49. The number of anilines is 5. The van der Waals surface area contributed by atoms with Crippen molar-refractivity contribution >= 4 is 93.4 Å². The van der Waals surface area contributed by atoms with E-state index < -0.39 is 0 Å². The van der Waals surface area contributed by atoms with Crippen molar-refractivity contribution in [3.63, 3.8) is 0 Å². The highest BCUT2D eigenvalue weighted by Crippen LogP contribution is 2.57. The van der Waals surface area contributed by atoms with Crippen molar-refractivity contribution in [3.8, 4) is 39.5 Å². The molecule has 4 heteroatoms. The summed E-state index contributed by atoms with van der Waals surface area (Å²) >= 11 is 0. The molecule has 368 valence electrons. The summed E-state index contributed by atoms with van der Waals surface area (Å²) < 4.78 is 14.2. The minimum absolute atomic E-state index is 0.850. The Morgan fingerprint density at radius 2 is 0.833 bits per heavy atom. The van der Waals surface area contributed by atoms with Crippen molar-refractivity contribution in [2.45, 2.75) is 25.7 Å². The molecule has 0 bridgehead atoms. The molecule has 2 heterocycles. The number of benzene rings is 12. The maximum Gasteiger partial charge on any atom is 0.136 e. The molecule has 78 heavy (non-hydrogen) atoms. The molecule has 0 saturated heterocycles. The highest BCUT2D eigenvalue weighted by Gasteiger charge is 2.32. The lowest BCUT2D eigenvalue weighted by Gasteiger charge is -2.32. The highest BCUT2D eigenvalue weighted by molar-refractivity contribution is 6.23. The fraction of sp³-hybridized carbons (Fsp3) is 0.0541. The van der Waals surface area contributed by atoms with E-state index in [4.69, 9.17) is 9.47 Å². The Hall–Kier alpha value is -9.90. The lowest BCUT2D eigenvalue weighted by molar-refractivity contribution is 0.442. The molecule has 2 aliphatic carbocycles. The van der Waals surface area contributed by atoms with Gasteiger partial charge in [0, 0.05) is 66.2 Å². The lowest BCUT2D eigenvalue weighted by Crippen LogP contribution is -2.17. The van der Waals surface area contributed by atoms with Crippen LogP contribution in [0.15, 0.2) is 266 Å². The molecule has 0 saturated carbocycles. The molecule has 12 aromatic rings. The second-order valence-corrected chi connectivity index (χ2v) is 20.8. The van der Waals surface area contributed by atoms with Crippen molar-refractivity contribution in [1.82, 2.24) is 0 Å². The van der Waals surface area contributed by atoms with Gasteiger partial charge in [0.2, 0.25) is 0 Å². The zero-order valence-corrected chi connectivity index (χ0v) is 42.8. The predicted molar refractivity (Wildman–Crippen MR) is 326 cm³/mol. The largest absolute Gasteiger partial charge is 0.456 e. The number of hydrogen-bond donors (Lipinski definition) is 0. The molecule has 2 aliphatic heterocycles. The molecule has 16 rings (SSSR count). The lowest BCUT2D eigenvalue weighted by atomic mass is 9.81. The number of para-hydroxylation sites is 3. The molecule has 0 fully saturated rings. The van der Waals surface area contributed by atoms with Crippen LogP contribution in [-0.4, -0.2) is 0 Å². The van der Waals surface area contributed by atoms with Gasteiger partial charge in [-0.15, -0.1) is 0 Å². The summed E-state index contributed by atoms with van der Waals surface area (Å²) in [6.07, 6.45) is 13.1. The first-order valence-corrected chi connectivity index (χ1v) is 27.3. The fourth-order valence-electron chi connectivity index (χ4n) is 13.2. The van der Waals surface area contributed by atoms with Crippen LogP contribution >= 0.6 is 0 Å². The third-order valence-corrected chi connectivity index (χ3v) is 16.5. The predicted octanol–water partition coefficient (Wildman–Crippen LogP) is 20.7. The average Bonchev–Trinajstić information content (AvgIpc) is 3.56. The van der Waals surface area contributed by atoms with Gasteiger partial charge in [0.05, 0.1) is 11.4 Å². The standard InChI is InChI=1S/C74H50N2O2/c1-5-21-49(22-6-1)75(50-23-7-2-8-24-50)73-61-33-17-13-29-55(61)69(56-30-14-18-34-62(56)73)47-37-39-53-59-41-42-60-54-40-38-48(46-68(54)78-66-44-43-65(71(59)72(60)66)77-67(53)45-47)70-57-31-15-19-35-63(57)74(64-36-20-16-32-58(64)70)76(51-25-9-3-10-26-51)52-27-11-4-12-28-52/h1-3,5-11,13-36,38,40-46H,4,12,37,39H2. The van der Waals surface area contributed by atoms with Crippen LogP contribution in [0.25, 0.3) is 87.3 Å². The van der Waals surface area contributed by atoms with Crippen molar-refractivity contribution in [2.24, 2.45) is 0 Å². The minimum atomic E-state index is 0.850. The summed E-state index contributed by atoms with van der Waals surface area (Å²) in [6, 6.07) is 83.7. The molecule has 0 aromatic heterocycles. The van der Waals surface area contributed by atoms with Crippen LogP contribution in [0.3, 0.4) is 0 Å². The minimum Gasteiger partial charge on any atom is -0.456 e. The Balaban J connectivity index is 0.807. The summed E-state index contributed by atoms with van der Waals surface area (Å²) in [6.45, 7) is 0. The van der Waals surface area contributed by atoms with Gasteiger partial charge >= 0.3 is 0 Å². The first kappa shape index (κ1) is 44.4. The van der Waals surface area contributed by atoms with Gasteiger partial charge in [-0.05, 0) is 153 Å². The summed E-state index contributed by atoms with van der Waals surface area (Å²) in [5.41, 5.74) is 16.5. The SMILES string of the molecule is C1=CC(N(c2ccccc2)c2c3ccccc3c(-c3ccc4c(c3)Oc3ccc5c6c(ccc-4c36)C3=C(C=C(c4c6ccccc6c(N(c6ccccc6)c6ccccc6)c6ccccc46)CC3)O5)c3ccccc23)=CCC1. The molecular weight excluding hydrogens is 949 g/mol. The highest BCUT2D eigenvalue weighted by atomic mass is 16.5. The van der Waals surface area contributed by atoms with E-state index in [2.05, 4.69) is 265 Å². The van der Waals surface area contributed by atoms with Crippen LogP contribution in [0.4, 0.5) is 28.4 Å². The first-order valence-electron chi connectivity index (χ1n) is 27.3. The Kier molecular flexibility index (Phi) is 10.2. The van der Waals surface area contributed by atoms with Crippen LogP contribution in [0.2, 0.25) is 0 Å². The molecule has 0 spiro atoms. The van der Waals surface area contributed by atoms with Gasteiger partial charge in [0.15, 0.2) is 0 Å². The van der Waals surface area contributed by atoms with Gasteiger partial charge in [-0.2, -0.15) is 0 Å². The van der Waals surface area contributed by atoms with Gasteiger partial charge < -0.3 is 19.3 Å². The van der Waals surface area contributed by atoms with Crippen molar-refractivity contribution in [1.29, 1.82) is 0 Å². The molecule has 0 unspecified atom stereocenters. The van der Waals surface area contributed by atoms with Crippen molar-refractivity contribution in [2.75, 3.05) is 9.80 Å². The average molecular weight is 999 g/mol. The molecule has 0 amide bonds. The second kappa shape index (κ2) is 17.9. The topological polar surface area (TPSA) is 24.9 Å². The van der Waals surface area contributed by atoms with Gasteiger partial charge in [-0.25, -0.2) is 0 Å². The first-order chi connectivity index (χ1) is 38.7. The van der Waals surface area contributed by atoms with E-state index in [0.717, 1.165) is 93.2 Å². The quantitative estimate of drug-likeness (QED) is 0.142. The van der Waals surface area contributed by atoms with E-state index in [1.165, 1.54) is 88.0 Å². The van der Waals surface area contributed by atoms with Gasteiger partial charge in [0.25, 0.3) is 0 Å². The number of fused-ring (bicyclic) bond motifs is 7. The number of rotatable bonds is 8. The van der Waals surface area contributed by atoms with E-state index in [1.54, 1.807) is 0 Å². The Labute approximate surface area is 453 Å². The smallest absolute Gasteiger partial charge is 0.136 e. The normalized spacial score (nSPS) is 14.2. The maximum absolute atomic E-state index is 7.11. The van der Waals surface area contributed by atoms with Crippen molar-refractivity contribution in [3.05, 3.63) is 277 Å². The molecule has 0 atom stereocenters. The van der Waals surface area contributed by atoms with E-state index >= 15 is 0 Å². The zero-order chi connectivity index (χ0) is 51.3. The fourth-order valence-corrected chi connectivity index (χ4v) is 13.2. The molecule has 4 nitrogen and oxygen atoms in total. The maximum atomic E-state index is 7.11. The van der Waals surface area contributed by atoms with Crippen LogP contribution in [0.5, 0.6) is 17.2 Å². The summed E-state index contributed by atoms with van der Waals surface area (Å²) in [5, 5.41) is 11.9. The molecule has 0 N–H and O–H groups in total. The number of nitrogens with zero attached hydrogens (tertiary/aromatic N) is 2. The van der Waals surface area contributed by atoms with Crippen LogP contribution in [0.1, 0.15) is 36.8 Å². The van der Waals surface area contributed by atoms with E-state index in [1.807, 2.05) is 0 Å². The number of hydrogen-bond acceptors (Lipinski definition) is 4. The molecular formula is C74H50N2O2. The second-order valence-electron chi connectivity index (χ2n) is 20.8.